The summed E-state index contributed by atoms with van der Waals surface area (Å²) in [5.74, 6) is 0.712. The Labute approximate surface area is 165 Å². The summed E-state index contributed by atoms with van der Waals surface area (Å²) in [7, 11) is 0. The highest BCUT2D eigenvalue weighted by molar-refractivity contribution is 6.31. The van der Waals surface area contributed by atoms with Gasteiger partial charge in [0, 0.05) is 36.0 Å². The zero-order chi connectivity index (χ0) is 18.6. The minimum atomic E-state index is -0.469. The number of Topliss-reactive ketones (excluding diaryl/α,β-unsaturated/α-hetero) is 1. The minimum Gasteiger partial charge on any atom is -0.486 e. The zero-order valence-corrected chi connectivity index (χ0v) is 15.9. The van der Waals surface area contributed by atoms with Crippen molar-refractivity contribution in [3.05, 3.63) is 52.0 Å². The average Bonchev–Trinajstić information content (AvgIpc) is 3.06. The lowest BCUT2D eigenvalue weighted by atomic mass is 9.82. The summed E-state index contributed by atoms with van der Waals surface area (Å²) < 4.78 is 12.1. The molecule has 0 N–H and O–H groups in total. The van der Waals surface area contributed by atoms with Crippen molar-refractivity contribution in [2.45, 2.75) is 24.9 Å². The molecule has 5 rings (SSSR count). The third kappa shape index (κ3) is 2.95. The maximum absolute atomic E-state index is 12.6. The second-order valence-corrected chi connectivity index (χ2v) is 7.99. The quantitative estimate of drug-likeness (QED) is 0.563. The topological polar surface area (TPSA) is 55.6 Å². The van der Waals surface area contributed by atoms with E-state index in [1.165, 1.54) is 0 Å². The van der Waals surface area contributed by atoms with Crippen LogP contribution < -0.4 is 9.64 Å². The molecule has 0 saturated carbocycles. The van der Waals surface area contributed by atoms with E-state index < -0.39 is 5.60 Å². The fourth-order valence-electron chi connectivity index (χ4n) is 3.87. The minimum absolute atomic E-state index is 0.0868. The molecule has 1 aromatic heterocycles. The van der Waals surface area contributed by atoms with Gasteiger partial charge in [-0.3, -0.25) is 4.79 Å². The van der Waals surface area contributed by atoms with E-state index in [1.807, 2.05) is 6.07 Å². The van der Waals surface area contributed by atoms with Crippen molar-refractivity contribution in [3.8, 4) is 5.75 Å². The Morgan fingerprint density at radius 2 is 1.78 bits per heavy atom. The first-order valence-corrected chi connectivity index (χ1v) is 9.60. The molecule has 1 saturated heterocycles. The molecule has 0 aliphatic carbocycles. The highest BCUT2D eigenvalue weighted by Crippen LogP contribution is 2.41. The Hall–Kier alpha value is -2.24. The number of halogens is 2. The van der Waals surface area contributed by atoms with Crippen LogP contribution in [0.4, 0.5) is 6.01 Å². The van der Waals surface area contributed by atoms with E-state index in [0.717, 1.165) is 18.4 Å². The van der Waals surface area contributed by atoms with Gasteiger partial charge >= 0.3 is 0 Å². The Bertz CT molecular complexity index is 1050. The van der Waals surface area contributed by atoms with Crippen LogP contribution in [-0.4, -0.2) is 29.5 Å². The normalized spacial score (nSPS) is 18.6. The van der Waals surface area contributed by atoms with Crippen LogP contribution in [0.3, 0.4) is 0 Å². The Kier molecular flexibility index (Phi) is 3.85. The van der Waals surface area contributed by atoms with Crippen molar-refractivity contribution in [3.63, 3.8) is 0 Å². The maximum Gasteiger partial charge on any atom is 0.298 e. The molecular formula is C20H16Cl2N2O3. The number of hydrogen-bond donors (Lipinski definition) is 0. The van der Waals surface area contributed by atoms with Crippen molar-refractivity contribution in [2.24, 2.45) is 0 Å². The summed E-state index contributed by atoms with van der Waals surface area (Å²) in [4.78, 5) is 19.2. The van der Waals surface area contributed by atoms with Crippen LogP contribution in [-0.2, 0) is 0 Å². The molecule has 0 unspecified atom stereocenters. The predicted molar refractivity (Wildman–Crippen MR) is 104 cm³/mol. The first kappa shape index (κ1) is 16.9. The van der Waals surface area contributed by atoms with Gasteiger partial charge in [0.15, 0.2) is 11.4 Å². The smallest absolute Gasteiger partial charge is 0.298 e. The first-order valence-electron chi connectivity index (χ1n) is 8.84. The SMILES string of the molecule is O=C1CC2(CCN(c3nc4cc(Cl)ccc4o3)CC2)Oc2ccc(Cl)cc21. The summed E-state index contributed by atoms with van der Waals surface area (Å²) in [6.45, 7) is 1.41. The van der Waals surface area contributed by atoms with Crippen LogP contribution in [0.25, 0.3) is 11.1 Å². The summed E-state index contributed by atoms with van der Waals surface area (Å²) in [5, 5.41) is 1.18. The first-order chi connectivity index (χ1) is 13.0. The van der Waals surface area contributed by atoms with Crippen molar-refractivity contribution in [1.82, 2.24) is 4.98 Å². The summed E-state index contributed by atoms with van der Waals surface area (Å²) in [6.07, 6.45) is 1.82. The van der Waals surface area contributed by atoms with Gasteiger partial charge in [0.2, 0.25) is 0 Å². The standard InChI is InChI=1S/C20H16Cl2N2O3/c21-12-1-3-17-14(9-12)16(25)11-20(27-17)5-7-24(8-6-20)19-23-15-10-13(22)2-4-18(15)26-19/h1-4,9-10H,5-8,11H2. The molecule has 2 aromatic carbocycles. The Balaban J connectivity index is 1.36. The molecule has 3 heterocycles. The van der Waals surface area contributed by atoms with Crippen LogP contribution in [0.2, 0.25) is 10.0 Å². The molecule has 1 fully saturated rings. The third-order valence-electron chi connectivity index (χ3n) is 5.33. The van der Waals surface area contributed by atoms with Gasteiger partial charge < -0.3 is 14.1 Å². The number of rotatable bonds is 1. The lowest BCUT2D eigenvalue weighted by Crippen LogP contribution is -2.51. The van der Waals surface area contributed by atoms with E-state index in [4.69, 9.17) is 32.4 Å². The molecule has 2 aliphatic rings. The number of benzene rings is 2. The Morgan fingerprint density at radius 3 is 2.59 bits per heavy atom. The van der Waals surface area contributed by atoms with Crippen molar-refractivity contribution < 1.29 is 13.9 Å². The fraction of sp³-hybridized carbons (Fsp3) is 0.300. The van der Waals surface area contributed by atoms with Crippen molar-refractivity contribution in [2.75, 3.05) is 18.0 Å². The van der Waals surface area contributed by atoms with E-state index in [0.29, 0.717) is 52.5 Å². The third-order valence-corrected chi connectivity index (χ3v) is 5.80. The number of carbonyl (C=O) groups is 1. The molecular weight excluding hydrogens is 387 g/mol. The molecule has 0 amide bonds. The van der Waals surface area contributed by atoms with Gasteiger partial charge in [-0.2, -0.15) is 4.98 Å². The molecule has 2 aliphatic heterocycles. The van der Waals surface area contributed by atoms with Gasteiger partial charge in [-0.05, 0) is 36.4 Å². The van der Waals surface area contributed by atoms with E-state index in [9.17, 15) is 4.79 Å². The molecule has 27 heavy (non-hydrogen) atoms. The molecule has 0 atom stereocenters. The van der Waals surface area contributed by atoms with Crippen LogP contribution >= 0.6 is 23.2 Å². The lowest BCUT2D eigenvalue weighted by molar-refractivity contribution is 0.0227. The maximum atomic E-state index is 12.6. The number of ketones is 1. The van der Waals surface area contributed by atoms with E-state index in [1.54, 1.807) is 30.3 Å². The van der Waals surface area contributed by atoms with Crippen molar-refractivity contribution in [1.29, 1.82) is 0 Å². The van der Waals surface area contributed by atoms with Gasteiger partial charge in [0.05, 0.1) is 12.0 Å². The van der Waals surface area contributed by atoms with Gasteiger partial charge in [-0.15, -0.1) is 0 Å². The van der Waals surface area contributed by atoms with Crippen LogP contribution in [0.15, 0.2) is 40.8 Å². The van der Waals surface area contributed by atoms with Gasteiger partial charge in [-0.1, -0.05) is 23.2 Å². The number of nitrogens with zero attached hydrogens (tertiary/aromatic N) is 2. The molecule has 138 valence electrons. The highest BCUT2D eigenvalue weighted by Gasteiger charge is 2.43. The van der Waals surface area contributed by atoms with Crippen LogP contribution in [0.1, 0.15) is 29.6 Å². The number of anilines is 1. The van der Waals surface area contributed by atoms with Gasteiger partial charge in [0.1, 0.15) is 16.9 Å². The van der Waals surface area contributed by atoms with E-state index in [-0.39, 0.29) is 5.78 Å². The van der Waals surface area contributed by atoms with Crippen molar-refractivity contribution >= 4 is 46.1 Å². The lowest BCUT2D eigenvalue weighted by Gasteiger charge is -2.43. The summed E-state index contributed by atoms with van der Waals surface area (Å²) in [6, 6.07) is 11.2. The number of fused-ring (bicyclic) bond motifs is 2. The Morgan fingerprint density at radius 1 is 1.04 bits per heavy atom. The van der Waals surface area contributed by atoms with E-state index in [2.05, 4.69) is 9.88 Å². The summed E-state index contributed by atoms with van der Waals surface area (Å²) in [5.41, 5.74) is 1.56. The van der Waals surface area contributed by atoms with Gasteiger partial charge in [0.25, 0.3) is 6.01 Å². The molecule has 0 radical (unpaired) electrons. The fourth-order valence-corrected chi connectivity index (χ4v) is 4.21. The van der Waals surface area contributed by atoms with Crippen LogP contribution in [0.5, 0.6) is 5.75 Å². The highest BCUT2D eigenvalue weighted by atomic mass is 35.5. The van der Waals surface area contributed by atoms with Gasteiger partial charge in [-0.25, -0.2) is 0 Å². The molecule has 0 bridgehead atoms. The van der Waals surface area contributed by atoms with E-state index >= 15 is 0 Å². The number of aromatic nitrogens is 1. The van der Waals surface area contributed by atoms with Crippen LogP contribution in [0, 0.1) is 0 Å². The monoisotopic (exact) mass is 402 g/mol. The average molecular weight is 403 g/mol. The number of carbonyl (C=O) groups excluding carboxylic acids is 1. The molecule has 7 heteroatoms. The molecule has 3 aromatic rings. The summed E-state index contributed by atoms with van der Waals surface area (Å²) >= 11 is 12.0. The predicted octanol–water partition coefficient (Wildman–Crippen LogP) is 5.14. The second-order valence-electron chi connectivity index (χ2n) is 7.12. The zero-order valence-electron chi connectivity index (χ0n) is 14.4. The number of oxazole rings is 1. The number of hydrogen-bond acceptors (Lipinski definition) is 5. The largest absolute Gasteiger partial charge is 0.486 e. The molecule has 5 nitrogen and oxygen atoms in total. The molecule has 1 spiro atoms. The number of ether oxygens (including phenoxy) is 1. The number of piperidine rings is 1. The second kappa shape index (κ2) is 6.14.